The van der Waals surface area contributed by atoms with Crippen LogP contribution in [0.2, 0.25) is 0 Å². The highest BCUT2D eigenvalue weighted by Gasteiger charge is 2.32. The molecule has 2 N–H and O–H groups in total. The van der Waals surface area contributed by atoms with Crippen molar-refractivity contribution in [2.24, 2.45) is 11.7 Å². The van der Waals surface area contributed by atoms with Gasteiger partial charge in [-0.3, -0.25) is 9.59 Å². The Labute approximate surface area is 159 Å². The number of piperidine rings is 1. The number of likely N-dealkylation sites (tertiary alicyclic amines) is 1. The van der Waals surface area contributed by atoms with Gasteiger partial charge in [-0.15, -0.1) is 0 Å². The van der Waals surface area contributed by atoms with Crippen LogP contribution in [0.15, 0.2) is 24.3 Å². The number of nitrogens with zero attached hydrogens (tertiary/aromatic N) is 3. The molecule has 0 saturated carbocycles. The van der Waals surface area contributed by atoms with Crippen LogP contribution in [0.5, 0.6) is 0 Å². The van der Waals surface area contributed by atoms with Crippen molar-refractivity contribution < 1.29 is 9.59 Å². The smallest absolute Gasteiger partial charge is 0.274 e. The third-order valence-electron chi connectivity index (χ3n) is 5.91. The minimum atomic E-state index is -0.261. The van der Waals surface area contributed by atoms with Crippen molar-refractivity contribution in [2.45, 2.75) is 45.4 Å². The average molecular weight is 366 g/mol. The summed E-state index contributed by atoms with van der Waals surface area (Å²) in [6.07, 6.45) is 5.20. The highest BCUT2D eigenvalue weighted by Crippen LogP contribution is 2.29. The van der Waals surface area contributed by atoms with Gasteiger partial charge in [0, 0.05) is 30.3 Å². The molecule has 0 unspecified atom stereocenters. The molecule has 4 rings (SSSR count). The predicted octanol–water partition coefficient (Wildman–Crippen LogP) is 2.26. The first kappa shape index (κ1) is 17.8. The van der Waals surface area contributed by atoms with Crippen LogP contribution in [-0.4, -0.2) is 39.6 Å². The van der Waals surface area contributed by atoms with Gasteiger partial charge in [-0.1, -0.05) is 19.1 Å². The molecule has 6 heteroatoms. The number of carbonyl (C=O) groups is 2. The van der Waals surface area contributed by atoms with E-state index in [-0.39, 0.29) is 17.7 Å². The number of nitrogens with two attached hydrogens (primary N) is 1. The molecule has 2 amide bonds. The third kappa shape index (κ3) is 3.24. The van der Waals surface area contributed by atoms with Gasteiger partial charge < -0.3 is 10.6 Å². The number of hydrogen-bond donors (Lipinski definition) is 1. The van der Waals surface area contributed by atoms with Crippen molar-refractivity contribution in [1.82, 2.24) is 14.7 Å². The van der Waals surface area contributed by atoms with E-state index in [2.05, 4.69) is 31.2 Å². The van der Waals surface area contributed by atoms with Crippen molar-refractivity contribution in [3.63, 3.8) is 0 Å². The Balaban J connectivity index is 1.60. The summed E-state index contributed by atoms with van der Waals surface area (Å²) in [4.78, 5) is 26.3. The zero-order valence-electron chi connectivity index (χ0n) is 15.8. The number of hydrogen-bond acceptors (Lipinski definition) is 3. The van der Waals surface area contributed by atoms with Crippen LogP contribution in [0.1, 0.15) is 53.5 Å². The lowest BCUT2D eigenvalue weighted by atomic mass is 9.96. The molecule has 0 radical (unpaired) electrons. The summed E-state index contributed by atoms with van der Waals surface area (Å²) in [5, 5.41) is 4.72. The Bertz CT molecular complexity index is 861. The van der Waals surface area contributed by atoms with E-state index in [1.165, 1.54) is 5.56 Å². The molecule has 1 aliphatic heterocycles. The first-order valence-corrected chi connectivity index (χ1v) is 9.87. The number of primary amides is 1. The van der Waals surface area contributed by atoms with Crippen LogP contribution in [0.3, 0.4) is 0 Å². The van der Waals surface area contributed by atoms with Crippen molar-refractivity contribution >= 4 is 11.8 Å². The normalized spacial score (nSPS) is 17.1. The minimum absolute atomic E-state index is 0.0139. The van der Waals surface area contributed by atoms with Gasteiger partial charge in [0.1, 0.15) is 0 Å². The Kier molecular flexibility index (Phi) is 4.72. The standard InChI is InChI=1S/C21H26N4O2/c1-2-14-6-8-16(9-7-14)25-18-5-3-4-17(18)19(23-25)21(27)24-12-10-15(11-13-24)20(22)26/h6-9,15H,2-5,10-13H2,1H3,(H2,22,26). The van der Waals surface area contributed by atoms with Crippen molar-refractivity contribution in [1.29, 1.82) is 0 Å². The summed E-state index contributed by atoms with van der Waals surface area (Å²) < 4.78 is 1.95. The van der Waals surface area contributed by atoms with Crippen LogP contribution >= 0.6 is 0 Å². The van der Waals surface area contributed by atoms with Gasteiger partial charge in [-0.2, -0.15) is 5.10 Å². The highest BCUT2D eigenvalue weighted by atomic mass is 16.2. The van der Waals surface area contributed by atoms with Crippen LogP contribution in [0.25, 0.3) is 5.69 Å². The number of aromatic nitrogens is 2. The van der Waals surface area contributed by atoms with E-state index in [1.54, 1.807) is 0 Å². The predicted molar refractivity (Wildman–Crippen MR) is 103 cm³/mol. The molecular weight excluding hydrogens is 340 g/mol. The van der Waals surface area contributed by atoms with Gasteiger partial charge in [0.05, 0.1) is 5.69 Å². The van der Waals surface area contributed by atoms with E-state index < -0.39 is 0 Å². The SMILES string of the molecule is CCc1ccc(-n2nc(C(=O)N3CCC(C(N)=O)CC3)c3c2CCC3)cc1. The number of fused-ring (bicyclic) bond motifs is 1. The van der Waals surface area contributed by atoms with Gasteiger partial charge in [-0.05, 0) is 56.2 Å². The number of amides is 2. The number of aryl methyl sites for hydroxylation is 1. The summed E-state index contributed by atoms with van der Waals surface area (Å²) in [5.41, 5.74) is 10.5. The molecule has 2 aliphatic rings. The molecule has 2 heterocycles. The van der Waals surface area contributed by atoms with E-state index >= 15 is 0 Å². The van der Waals surface area contributed by atoms with Gasteiger partial charge in [0.25, 0.3) is 5.91 Å². The number of carbonyl (C=O) groups excluding carboxylic acids is 2. The van der Waals surface area contributed by atoms with E-state index in [9.17, 15) is 9.59 Å². The Morgan fingerprint density at radius 1 is 1.15 bits per heavy atom. The highest BCUT2D eigenvalue weighted by molar-refractivity contribution is 5.94. The first-order chi connectivity index (χ1) is 13.1. The fraction of sp³-hybridized carbons (Fsp3) is 0.476. The third-order valence-corrected chi connectivity index (χ3v) is 5.91. The number of benzene rings is 1. The molecular formula is C21H26N4O2. The topological polar surface area (TPSA) is 81.2 Å². The second-order valence-corrected chi connectivity index (χ2v) is 7.53. The molecule has 1 saturated heterocycles. The van der Waals surface area contributed by atoms with Gasteiger partial charge in [0.2, 0.25) is 5.91 Å². The Hall–Kier alpha value is -2.63. The zero-order valence-corrected chi connectivity index (χ0v) is 15.8. The quantitative estimate of drug-likeness (QED) is 0.901. The fourth-order valence-corrected chi connectivity index (χ4v) is 4.21. The van der Waals surface area contributed by atoms with E-state index in [0.717, 1.165) is 42.6 Å². The Morgan fingerprint density at radius 3 is 2.48 bits per heavy atom. The summed E-state index contributed by atoms with van der Waals surface area (Å²) in [7, 11) is 0. The fourth-order valence-electron chi connectivity index (χ4n) is 4.21. The minimum Gasteiger partial charge on any atom is -0.369 e. The van der Waals surface area contributed by atoms with Crippen LogP contribution < -0.4 is 5.73 Å². The maximum absolute atomic E-state index is 13.1. The maximum atomic E-state index is 13.1. The average Bonchev–Trinajstić information content (AvgIpc) is 3.30. The lowest BCUT2D eigenvalue weighted by molar-refractivity contribution is -0.123. The molecule has 1 aromatic carbocycles. The monoisotopic (exact) mass is 366 g/mol. The molecule has 0 spiro atoms. The Morgan fingerprint density at radius 2 is 1.85 bits per heavy atom. The summed E-state index contributed by atoms with van der Waals surface area (Å²) in [6.45, 7) is 3.28. The lowest BCUT2D eigenvalue weighted by Crippen LogP contribution is -2.42. The molecule has 0 bridgehead atoms. The van der Waals surface area contributed by atoms with Crippen LogP contribution in [-0.2, 0) is 24.1 Å². The molecule has 142 valence electrons. The van der Waals surface area contributed by atoms with Crippen molar-refractivity contribution in [3.8, 4) is 5.69 Å². The summed E-state index contributed by atoms with van der Waals surface area (Å²) in [6, 6.07) is 8.40. The van der Waals surface area contributed by atoms with E-state index in [1.807, 2.05) is 9.58 Å². The summed E-state index contributed by atoms with van der Waals surface area (Å²) in [5.74, 6) is -0.391. The van der Waals surface area contributed by atoms with Crippen molar-refractivity contribution in [3.05, 3.63) is 46.8 Å². The van der Waals surface area contributed by atoms with E-state index in [0.29, 0.717) is 31.6 Å². The lowest BCUT2D eigenvalue weighted by Gasteiger charge is -2.30. The van der Waals surface area contributed by atoms with Gasteiger partial charge in [-0.25, -0.2) is 4.68 Å². The van der Waals surface area contributed by atoms with Crippen molar-refractivity contribution in [2.75, 3.05) is 13.1 Å². The zero-order chi connectivity index (χ0) is 19.0. The molecule has 2 aromatic rings. The molecule has 6 nitrogen and oxygen atoms in total. The molecule has 27 heavy (non-hydrogen) atoms. The van der Waals surface area contributed by atoms with Gasteiger partial charge >= 0.3 is 0 Å². The van der Waals surface area contributed by atoms with Crippen LogP contribution in [0, 0.1) is 5.92 Å². The molecule has 1 aromatic heterocycles. The first-order valence-electron chi connectivity index (χ1n) is 9.87. The maximum Gasteiger partial charge on any atom is 0.274 e. The largest absolute Gasteiger partial charge is 0.369 e. The summed E-state index contributed by atoms with van der Waals surface area (Å²) >= 11 is 0. The van der Waals surface area contributed by atoms with Gasteiger partial charge in [0.15, 0.2) is 5.69 Å². The number of rotatable bonds is 4. The second-order valence-electron chi connectivity index (χ2n) is 7.53. The van der Waals surface area contributed by atoms with Crippen LogP contribution in [0.4, 0.5) is 0 Å². The molecule has 1 fully saturated rings. The molecule has 0 atom stereocenters. The second kappa shape index (κ2) is 7.18. The van der Waals surface area contributed by atoms with E-state index in [4.69, 9.17) is 10.8 Å². The molecule has 1 aliphatic carbocycles.